The first-order valence-corrected chi connectivity index (χ1v) is 64.7. The molecule has 0 unspecified atom stereocenters. The van der Waals surface area contributed by atoms with Crippen molar-refractivity contribution in [2.45, 2.75) is 466 Å². The third-order valence-corrected chi connectivity index (χ3v) is 53.0. The second kappa shape index (κ2) is 70.0. The van der Waals surface area contributed by atoms with Crippen molar-refractivity contribution in [2.24, 2.45) is 0 Å². The molecule has 16 nitrogen and oxygen atoms in total. The van der Waals surface area contributed by atoms with Crippen LogP contribution in [0.2, 0.25) is 74.5 Å². The van der Waals surface area contributed by atoms with Gasteiger partial charge < -0.3 is 69.6 Å². The maximum absolute atomic E-state index is 7.85. The molecule has 24 heteroatoms. The van der Waals surface area contributed by atoms with Crippen molar-refractivity contribution in [3.8, 4) is 0 Å². The van der Waals surface area contributed by atoms with Gasteiger partial charge >= 0.3 is 69.5 Å². The summed E-state index contributed by atoms with van der Waals surface area (Å²) >= 11 is 0. The molecular weight excluding hydrogens is 1490 g/mol. The van der Waals surface area contributed by atoms with E-state index in [9.17, 15) is 0 Å². The zero-order valence-electron chi connectivity index (χ0n) is 74.6. The first-order chi connectivity index (χ1) is 52.4. The van der Waals surface area contributed by atoms with E-state index in [1.54, 1.807) is 0 Å². The Hall–Kier alpha value is 1.10. The number of hydrogen-bond donors (Lipinski definition) is 0. The largest absolute Gasteiger partial charge is 0.500 e. The fourth-order valence-electron chi connectivity index (χ4n) is 16.5. The van der Waals surface area contributed by atoms with E-state index in [0.717, 1.165) is 74.0 Å². The standard InChI is InChI=1S/C84H184O16Si8/c1-17-85-105(86-18-2,87-19-3)81-73-65-57-49-41-33-29-37-45-53-61-69-77-101(13)97-102(14,78-70-62-54-46-38-30-34-42-50-58-66-74-82-106(88-20-4,89-21-5)90-22-6)99-104(16,80-72-64-56-48-40-32-36-44-52-60-68-76-84-108(94-26-10,95-27-11)96-28-12)100-103(15,98-101)79-71-63-55-47-39-31-35-43-51-59-67-75-83-107(91-23-7,92-24-8)93-25-9/h17-84H2,1-16H3. The van der Waals surface area contributed by atoms with Gasteiger partial charge in [0.05, 0.1) is 0 Å². The Kier molecular flexibility index (Phi) is 69.4. The topological polar surface area (TPSA) is 148 Å². The van der Waals surface area contributed by atoms with Gasteiger partial charge in [-0.15, -0.1) is 0 Å². The molecule has 0 aromatic heterocycles. The third-order valence-electron chi connectivity index (χ3n) is 21.6. The zero-order valence-corrected chi connectivity index (χ0v) is 82.6. The van der Waals surface area contributed by atoms with E-state index >= 15 is 0 Å². The Labute approximate surface area is 679 Å². The van der Waals surface area contributed by atoms with Gasteiger partial charge in [0, 0.05) is 103 Å². The van der Waals surface area contributed by atoms with E-state index < -0.39 is 69.5 Å². The molecule has 0 N–H and O–H groups in total. The van der Waals surface area contributed by atoms with Crippen LogP contribution in [0.15, 0.2) is 0 Å². The van der Waals surface area contributed by atoms with E-state index in [1.165, 1.54) is 283 Å². The molecule has 1 fully saturated rings. The molecule has 0 atom stereocenters. The molecule has 1 heterocycles. The Bertz CT molecular complexity index is 1610. The Morgan fingerprint density at radius 3 is 0.343 bits per heavy atom. The Balaban J connectivity index is 3.07. The van der Waals surface area contributed by atoms with Crippen molar-refractivity contribution in [1.29, 1.82) is 0 Å². The van der Waals surface area contributed by atoms with Crippen LogP contribution < -0.4 is 0 Å². The molecule has 0 aliphatic carbocycles. The summed E-state index contributed by atoms with van der Waals surface area (Å²) in [7, 11) is -20.8. The van der Waals surface area contributed by atoms with E-state index in [2.05, 4.69) is 109 Å². The molecule has 0 bridgehead atoms. The van der Waals surface area contributed by atoms with Crippen molar-refractivity contribution < 1.29 is 69.6 Å². The summed E-state index contributed by atoms with van der Waals surface area (Å²) < 4.78 is 105. The molecule has 0 aromatic carbocycles. The molecule has 108 heavy (non-hydrogen) atoms. The summed E-state index contributed by atoms with van der Waals surface area (Å²) in [4.78, 5) is 0. The summed E-state index contributed by atoms with van der Waals surface area (Å²) in [6.07, 6.45) is 61.5. The van der Waals surface area contributed by atoms with Gasteiger partial charge in [-0.3, -0.25) is 0 Å². The quantitative estimate of drug-likeness (QED) is 0.0420. The average Bonchev–Trinajstić information content (AvgIpc) is 0.754. The van der Waals surface area contributed by atoms with Gasteiger partial charge in [0.1, 0.15) is 0 Å². The molecule has 1 saturated heterocycles. The highest BCUT2D eigenvalue weighted by atomic mass is 28.5. The SMILES string of the molecule is CCO[Si](CCCCCCCCCCCCCC[Si]1(C)O[Si](C)(CCCCCCCCCCCCCC[Si](OCC)(OCC)OCC)O[Si](C)(CCCCCCCCCCCCCC[Si](OCC)(OCC)OCC)O[Si](C)(CCCCCCCCCCCCCC[Si](OCC)(OCC)OCC)O1)(OCC)OCC. The first kappa shape index (κ1) is 107. The highest BCUT2D eigenvalue weighted by Crippen LogP contribution is 2.41. The third kappa shape index (κ3) is 54.2. The molecule has 0 saturated carbocycles. The molecule has 0 aromatic rings. The normalized spacial score (nSPS) is 19.1. The van der Waals surface area contributed by atoms with Crippen LogP contribution in [0.25, 0.3) is 0 Å². The number of unbranched alkanes of at least 4 members (excludes halogenated alkanes) is 44. The summed E-state index contributed by atoms with van der Waals surface area (Å²) in [5.74, 6) is 0. The highest BCUT2D eigenvalue weighted by Gasteiger charge is 2.56. The van der Waals surface area contributed by atoms with Crippen molar-refractivity contribution >= 4 is 69.5 Å². The molecule has 648 valence electrons. The molecule has 1 rings (SSSR count). The van der Waals surface area contributed by atoms with Crippen molar-refractivity contribution in [2.75, 3.05) is 79.3 Å². The van der Waals surface area contributed by atoms with Gasteiger partial charge in [0.25, 0.3) is 0 Å². The predicted octanol–water partition coefficient (Wildman–Crippen LogP) is 27.3. The summed E-state index contributed by atoms with van der Waals surface area (Å²) in [6.45, 7) is 42.3. The lowest BCUT2D eigenvalue weighted by atomic mass is 10.1. The highest BCUT2D eigenvalue weighted by molar-refractivity contribution is 6.94. The maximum atomic E-state index is 7.85. The maximum Gasteiger partial charge on any atom is 0.500 e. The second-order valence-electron chi connectivity index (χ2n) is 31.8. The van der Waals surface area contributed by atoms with E-state index in [-0.39, 0.29) is 0 Å². The lowest BCUT2D eigenvalue weighted by Gasteiger charge is -2.50. The number of rotatable bonds is 84. The van der Waals surface area contributed by atoms with Gasteiger partial charge in [0.2, 0.25) is 0 Å². The smallest absolute Gasteiger partial charge is 0.416 e. The Morgan fingerprint density at radius 2 is 0.241 bits per heavy atom. The van der Waals surface area contributed by atoms with Crippen molar-refractivity contribution in [3.05, 3.63) is 0 Å². The lowest BCUT2D eigenvalue weighted by molar-refractivity contribution is 0.0698. The molecule has 1 aliphatic rings. The summed E-state index contributed by atoms with van der Waals surface area (Å²) in [5, 5.41) is 0. The monoisotopic (exact) mass is 1670 g/mol. The fraction of sp³-hybridized carbons (Fsp3) is 1.00. The van der Waals surface area contributed by atoms with Crippen molar-refractivity contribution in [3.63, 3.8) is 0 Å². The average molecular weight is 1680 g/mol. The van der Waals surface area contributed by atoms with Crippen LogP contribution in [-0.2, 0) is 69.6 Å². The summed E-state index contributed by atoms with van der Waals surface area (Å²) in [6, 6.07) is 7.92. The van der Waals surface area contributed by atoms with Gasteiger partial charge in [-0.25, -0.2) is 0 Å². The van der Waals surface area contributed by atoms with Crippen LogP contribution in [0.5, 0.6) is 0 Å². The molecule has 0 spiro atoms. The molecule has 0 amide bonds. The van der Waals surface area contributed by atoms with Gasteiger partial charge in [-0.2, -0.15) is 0 Å². The van der Waals surface area contributed by atoms with Crippen LogP contribution in [0, 0.1) is 0 Å². The van der Waals surface area contributed by atoms with Crippen LogP contribution >= 0.6 is 0 Å². The van der Waals surface area contributed by atoms with Crippen LogP contribution in [0.4, 0.5) is 0 Å². The molecule has 1 aliphatic heterocycles. The summed E-state index contributed by atoms with van der Waals surface area (Å²) in [5.41, 5.74) is 0. The molecule has 0 radical (unpaired) electrons. The minimum atomic E-state index is -2.68. The van der Waals surface area contributed by atoms with Gasteiger partial charge in [0.15, 0.2) is 0 Å². The Morgan fingerprint density at radius 1 is 0.148 bits per heavy atom. The zero-order chi connectivity index (χ0) is 79.4. The number of hydrogen-bond acceptors (Lipinski definition) is 16. The van der Waals surface area contributed by atoms with Crippen LogP contribution in [-0.4, -0.2) is 149 Å². The molecular formula is C84H184O16Si8. The second-order valence-corrected chi connectivity index (χ2v) is 57.1. The minimum absolute atomic E-state index is 0.656. The van der Waals surface area contributed by atoms with E-state index in [4.69, 9.17) is 69.6 Å². The first-order valence-electron chi connectivity index (χ1n) is 46.9. The van der Waals surface area contributed by atoms with Crippen LogP contribution in [0.1, 0.15) is 391 Å². The minimum Gasteiger partial charge on any atom is -0.416 e. The fourth-order valence-corrected chi connectivity index (χ4v) is 50.9. The van der Waals surface area contributed by atoms with E-state index in [1.807, 2.05) is 0 Å². The van der Waals surface area contributed by atoms with Gasteiger partial charge in [-0.1, -0.05) is 283 Å². The van der Waals surface area contributed by atoms with Crippen molar-refractivity contribution in [1.82, 2.24) is 0 Å². The van der Waals surface area contributed by atoms with Gasteiger partial charge in [-0.05, 0) is 159 Å². The predicted molar refractivity (Wildman–Crippen MR) is 473 cm³/mol. The van der Waals surface area contributed by atoms with E-state index in [0.29, 0.717) is 79.3 Å². The lowest BCUT2D eigenvalue weighted by Crippen LogP contribution is -2.67. The van der Waals surface area contributed by atoms with Crippen LogP contribution in [0.3, 0.4) is 0 Å².